The Morgan fingerprint density at radius 2 is 0.817 bits per heavy atom. The molecule has 1 N–H and O–H groups in total. The minimum absolute atomic E-state index is 0.462. The molecule has 11 aromatic carbocycles. The van der Waals surface area contributed by atoms with Crippen molar-refractivity contribution in [3.05, 3.63) is 298 Å². The lowest BCUT2D eigenvalue weighted by Gasteiger charge is -2.48. The van der Waals surface area contributed by atoms with Gasteiger partial charge in [-0.2, -0.15) is 0 Å². The van der Waals surface area contributed by atoms with Gasteiger partial charge in [0.1, 0.15) is 23.2 Å². The SMILES string of the molecule is c1ccc2c(c1)-c1ccccc1C21c2ccccc2C2(c3cc(C4N=C(c5cccc6ccccc56)N=C(c5cccc6ccccc56)N4)ccc3-c3cc4c(cc32)oc2ccccc24)c2ccccc21. The van der Waals surface area contributed by atoms with Crippen LogP contribution in [0.4, 0.5) is 0 Å². The molecule has 0 bridgehead atoms. The summed E-state index contributed by atoms with van der Waals surface area (Å²) in [5, 5.41) is 10.7. The highest BCUT2D eigenvalue weighted by Crippen LogP contribution is 2.68. The molecule has 4 nitrogen and oxygen atoms in total. The number of para-hydroxylation sites is 1. The molecule has 1 unspecified atom stereocenters. The molecule has 71 heavy (non-hydrogen) atoms. The average Bonchev–Trinajstić information content (AvgIpc) is 4.06. The topological polar surface area (TPSA) is 49.9 Å². The molecule has 2 spiro atoms. The van der Waals surface area contributed by atoms with E-state index in [-0.39, 0.29) is 0 Å². The summed E-state index contributed by atoms with van der Waals surface area (Å²) in [4.78, 5) is 11.0. The summed E-state index contributed by atoms with van der Waals surface area (Å²) in [6, 6.07) is 87.1. The Morgan fingerprint density at radius 1 is 0.338 bits per heavy atom. The average molecular weight is 904 g/mol. The van der Waals surface area contributed by atoms with Gasteiger partial charge in [-0.3, -0.25) is 0 Å². The van der Waals surface area contributed by atoms with E-state index in [9.17, 15) is 0 Å². The smallest absolute Gasteiger partial charge is 0.160 e. The predicted octanol–water partition coefficient (Wildman–Crippen LogP) is 15.4. The third-order valence-corrected chi connectivity index (χ3v) is 16.2. The Morgan fingerprint density at radius 3 is 1.48 bits per heavy atom. The number of fused-ring (bicyclic) bond motifs is 21. The van der Waals surface area contributed by atoms with E-state index >= 15 is 0 Å². The largest absolute Gasteiger partial charge is 0.456 e. The summed E-state index contributed by atoms with van der Waals surface area (Å²) in [5.74, 6) is 1.50. The lowest BCUT2D eigenvalue weighted by molar-refractivity contribution is 0.626. The van der Waals surface area contributed by atoms with Crippen molar-refractivity contribution in [2.75, 3.05) is 0 Å². The van der Waals surface area contributed by atoms with Crippen LogP contribution in [0.5, 0.6) is 0 Å². The van der Waals surface area contributed by atoms with Crippen LogP contribution in [0.15, 0.2) is 251 Å². The molecule has 0 fully saturated rings. The number of nitrogens with zero attached hydrogens (tertiary/aromatic N) is 2. The Balaban J connectivity index is 0.989. The number of hydrogen-bond acceptors (Lipinski definition) is 4. The van der Waals surface area contributed by atoms with Gasteiger partial charge in [-0.15, -0.1) is 0 Å². The van der Waals surface area contributed by atoms with Crippen LogP contribution in [0.1, 0.15) is 67.4 Å². The number of nitrogens with one attached hydrogen (secondary N) is 1. The first kappa shape index (κ1) is 38.8. The first-order chi connectivity index (χ1) is 35.2. The van der Waals surface area contributed by atoms with E-state index in [0.29, 0.717) is 5.84 Å². The van der Waals surface area contributed by atoms with E-state index in [0.717, 1.165) is 66.0 Å². The number of hydrogen-bond donors (Lipinski definition) is 1. The summed E-state index contributed by atoms with van der Waals surface area (Å²) in [6.45, 7) is 0. The first-order valence-electron chi connectivity index (χ1n) is 24.6. The summed E-state index contributed by atoms with van der Waals surface area (Å²) in [6.07, 6.45) is -0.462. The molecule has 0 radical (unpaired) electrons. The summed E-state index contributed by atoms with van der Waals surface area (Å²) in [7, 11) is 0. The second kappa shape index (κ2) is 14.2. The number of rotatable bonds is 3. The van der Waals surface area contributed by atoms with Crippen LogP contribution in [0, 0.1) is 0 Å². The molecule has 4 aliphatic rings. The van der Waals surface area contributed by atoms with Crippen LogP contribution in [0.2, 0.25) is 0 Å². The van der Waals surface area contributed by atoms with Crippen molar-refractivity contribution >= 4 is 55.2 Å². The van der Waals surface area contributed by atoms with Crippen molar-refractivity contribution < 1.29 is 4.42 Å². The normalized spacial score (nSPS) is 16.3. The fraction of sp³-hybridized carbons (Fsp3) is 0.0448. The molecule has 3 aliphatic carbocycles. The highest BCUT2D eigenvalue weighted by molar-refractivity contribution is 6.20. The van der Waals surface area contributed by atoms with E-state index in [1.54, 1.807) is 0 Å². The van der Waals surface area contributed by atoms with Gasteiger partial charge >= 0.3 is 0 Å². The third kappa shape index (κ3) is 5.03. The number of amidine groups is 2. The number of benzene rings is 11. The lowest BCUT2D eigenvalue weighted by Crippen LogP contribution is -2.43. The zero-order chi connectivity index (χ0) is 46.4. The number of aliphatic imine (C=N–C) groups is 2. The molecule has 330 valence electrons. The first-order valence-corrected chi connectivity index (χ1v) is 24.6. The molecule has 1 atom stereocenters. The van der Waals surface area contributed by atoms with Gasteiger partial charge in [0.05, 0.1) is 10.8 Å². The molecular weight excluding hydrogens is 863 g/mol. The van der Waals surface area contributed by atoms with Crippen molar-refractivity contribution in [3.8, 4) is 22.3 Å². The predicted molar refractivity (Wildman–Crippen MR) is 289 cm³/mol. The van der Waals surface area contributed by atoms with Crippen molar-refractivity contribution in [3.63, 3.8) is 0 Å². The van der Waals surface area contributed by atoms with Crippen LogP contribution in [-0.2, 0) is 10.8 Å². The lowest BCUT2D eigenvalue weighted by atomic mass is 9.52. The van der Waals surface area contributed by atoms with Gasteiger partial charge in [0.2, 0.25) is 0 Å². The van der Waals surface area contributed by atoms with E-state index in [1.807, 2.05) is 0 Å². The molecule has 2 heterocycles. The van der Waals surface area contributed by atoms with Crippen molar-refractivity contribution in [1.29, 1.82) is 0 Å². The number of furan rings is 1. The maximum Gasteiger partial charge on any atom is 0.160 e. The molecule has 0 saturated carbocycles. The Labute approximate surface area is 409 Å². The van der Waals surface area contributed by atoms with E-state index in [2.05, 4.69) is 242 Å². The molecule has 1 aromatic heterocycles. The van der Waals surface area contributed by atoms with Crippen molar-refractivity contribution in [1.82, 2.24) is 5.32 Å². The molecule has 0 saturated heterocycles. The molecule has 16 rings (SSSR count). The van der Waals surface area contributed by atoms with Crippen LogP contribution in [0.25, 0.3) is 65.7 Å². The minimum Gasteiger partial charge on any atom is -0.456 e. The summed E-state index contributed by atoms with van der Waals surface area (Å²) in [5.41, 5.74) is 18.8. The molecule has 4 heteroatoms. The van der Waals surface area contributed by atoms with Crippen LogP contribution in [-0.4, -0.2) is 11.7 Å². The zero-order valence-corrected chi connectivity index (χ0v) is 38.4. The van der Waals surface area contributed by atoms with Crippen molar-refractivity contribution in [2.24, 2.45) is 9.98 Å². The molecule has 1 aliphatic heterocycles. The molecule has 12 aromatic rings. The van der Waals surface area contributed by atoms with Crippen LogP contribution >= 0.6 is 0 Å². The van der Waals surface area contributed by atoms with Crippen LogP contribution in [0.3, 0.4) is 0 Å². The van der Waals surface area contributed by atoms with Gasteiger partial charge in [-0.25, -0.2) is 9.98 Å². The van der Waals surface area contributed by atoms with Gasteiger partial charge < -0.3 is 9.73 Å². The third-order valence-electron chi connectivity index (χ3n) is 16.2. The maximum absolute atomic E-state index is 6.82. The monoisotopic (exact) mass is 903 g/mol. The zero-order valence-electron chi connectivity index (χ0n) is 38.4. The second-order valence-corrected chi connectivity index (χ2v) is 19.5. The van der Waals surface area contributed by atoms with E-state index < -0.39 is 17.0 Å². The Bertz CT molecular complexity index is 4260. The fourth-order valence-electron chi connectivity index (χ4n) is 13.4. The van der Waals surface area contributed by atoms with Gasteiger partial charge in [0.15, 0.2) is 5.84 Å². The van der Waals surface area contributed by atoms with Crippen molar-refractivity contribution in [2.45, 2.75) is 17.0 Å². The van der Waals surface area contributed by atoms with E-state index in [4.69, 9.17) is 14.4 Å². The summed E-state index contributed by atoms with van der Waals surface area (Å²) < 4.78 is 6.82. The minimum atomic E-state index is -0.734. The van der Waals surface area contributed by atoms with Gasteiger partial charge in [0, 0.05) is 21.9 Å². The quantitative estimate of drug-likeness (QED) is 0.192. The van der Waals surface area contributed by atoms with Crippen LogP contribution < -0.4 is 5.32 Å². The van der Waals surface area contributed by atoms with Gasteiger partial charge in [0.25, 0.3) is 0 Å². The highest BCUT2D eigenvalue weighted by atomic mass is 16.3. The summed E-state index contributed by atoms with van der Waals surface area (Å²) >= 11 is 0. The highest BCUT2D eigenvalue weighted by Gasteiger charge is 2.59. The van der Waals surface area contributed by atoms with E-state index in [1.165, 1.54) is 66.8 Å². The second-order valence-electron chi connectivity index (χ2n) is 19.5. The molecular formula is C67H41N3O. The standard InChI is InChI=1S/C67H41N3O/c1-3-21-43-40(17-1)19-15-26-49(43)64-68-63(69-65(70-64)50-27-16-20-41-18-2-4-22-44(41)50)42-35-36-47-51-38-52-48-25-7-14-34-61(48)71-62(52)39-60(51)67(59(47)37-42)57-32-12-10-30-55(57)66(56-31-11-13-33-58(56)67)53-28-8-5-23-45(53)46-24-6-9-29-54(46)66/h1-39,63H,(H,68,69,70). The Hall–Kier alpha value is -9.12. The van der Waals surface area contributed by atoms with Gasteiger partial charge in [-0.05, 0) is 118 Å². The fourth-order valence-corrected chi connectivity index (χ4v) is 13.4. The van der Waals surface area contributed by atoms with Gasteiger partial charge in [-0.1, -0.05) is 212 Å². The maximum atomic E-state index is 6.82. The molecule has 0 amide bonds. The Kier molecular flexibility index (Phi) is 7.77.